The van der Waals surface area contributed by atoms with Crippen LogP contribution in [0.2, 0.25) is 0 Å². The molecule has 1 heterocycles. The average Bonchev–Trinajstić information content (AvgIpc) is 3.01. The van der Waals surface area contributed by atoms with Crippen LogP contribution in [0.3, 0.4) is 0 Å². The summed E-state index contributed by atoms with van der Waals surface area (Å²) in [5.41, 5.74) is 5.09. The van der Waals surface area contributed by atoms with E-state index < -0.39 is 28.6 Å². The molecule has 33 heavy (non-hydrogen) atoms. The van der Waals surface area contributed by atoms with E-state index in [0.717, 1.165) is 22.5 Å². The SMILES string of the molecule is COCCn1c(C)cc(C(=O)COC(=O)[C@@H](C)NS(=O)(=O)c2c(C)c(C)cc(C)c2C)c1C. The largest absolute Gasteiger partial charge is 0.456 e. The molecular weight excluding hydrogens is 444 g/mol. The highest BCUT2D eigenvalue weighted by atomic mass is 32.2. The summed E-state index contributed by atoms with van der Waals surface area (Å²) in [5.74, 6) is -1.17. The maximum absolute atomic E-state index is 13.0. The zero-order valence-corrected chi connectivity index (χ0v) is 21.5. The van der Waals surface area contributed by atoms with E-state index in [-0.39, 0.29) is 10.7 Å². The highest BCUT2D eigenvalue weighted by Gasteiger charge is 2.28. The number of nitrogens with one attached hydrogen (secondary N) is 1. The van der Waals surface area contributed by atoms with Gasteiger partial charge in [-0.2, -0.15) is 4.72 Å². The summed E-state index contributed by atoms with van der Waals surface area (Å²) in [5, 5.41) is 0. The van der Waals surface area contributed by atoms with Crippen molar-refractivity contribution in [3.05, 3.63) is 51.3 Å². The third-order valence-corrected chi connectivity index (χ3v) is 7.80. The van der Waals surface area contributed by atoms with E-state index in [1.54, 1.807) is 27.0 Å². The van der Waals surface area contributed by atoms with Gasteiger partial charge >= 0.3 is 5.97 Å². The number of carbonyl (C=O) groups is 2. The second kappa shape index (κ2) is 10.6. The van der Waals surface area contributed by atoms with Crippen molar-refractivity contribution < 1.29 is 27.5 Å². The second-order valence-electron chi connectivity index (χ2n) is 8.39. The molecule has 0 saturated heterocycles. The number of hydrogen-bond donors (Lipinski definition) is 1. The Kier molecular flexibility index (Phi) is 8.62. The van der Waals surface area contributed by atoms with Crippen molar-refractivity contribution in [3.63, 3.8) is 0 Å². The zero-order valence-electron chi connectivity index (χ0n) is 20.7. The van der Waals surface area contributed by atoms with Crippen molar-refractivity contribution in [2.45, 2.75) is 65.9 Å². The summed E-state index contributed by atoms with van der Waals surface area (Å²) in [6.07, 6.45) is 0. The quantitative estimate of drug-likeness (QED) is 0.416. The van der Waals surface area contributed by atoms with E-state index in [2.05, 4.69) is 4.72 Å². The van der Waals surface area contributed by atoms with Gasteiger partial charge in [-0.15, -0.1) is 0 Å². The Morgan fingerprint density at radius 3 is 2.15 bits per heavy atom. The van der Waals surface area contributed by atoms with Crippen LogP contribution in [0.4, 0.5) is 0 Å². The van der Waals surface area contributed by atoms with Crippen molar-refractivity contribution in [2.24, 2.45) is 0 Å². The Labute approximate surface area is 196 Å². The number of rotatable bonds is 10. The summed E-state index contributed by atoms with van der Waals surface area (Å²) >= 11 is 0. The molecule has 182 valence electrons. The zero-order chi connectivity index (χ0) is 25.1. The Morgan fingerprint density at radius 2 is 1.61 bits per heavy atom. The molecular formula is C24H34N2O6S. The fraction of sp³-hybridized carbons (Fsp3) is 0.500. The van der Waals surface area contributed by atoms with Gasteiger partial charge in [0.1, 0.15) is 6.04 Å². The number of ether oxygens (including phenoxy) is 2. The summed E-state index contributed by atoms with van der Waals surface area (Å²) in [6, 6.07) is 2.52. The average molecular weight is 479 g/mol. The van der Waals surface area contributed by atoms with Crippen LogP contribution in [-0.4, -0.2) is 51.1 Å². The molecule has 1 N–H and O–H groups in total. The molecule has 0 fully saturated rings. The van der Waals surface area contributed by atoms with Crippen LogP contribution in [0.1, 0.15) is 50.9 Å². The number of carbonyl (C=O) groups excluding carboxylic acids is 2. The van der Waals surface area contributed by atoms with Crippen LogP contribution in [0.5, 0.6) is 0 Å². The third kappa shape index (κ3) is 5.90. The number of Topliss-reactive ketones (excluding diaryl/α,β-unsaturated/α-hetero) is 1. The van der Waals surface area contributed by atoms with Crippen LogP contribution >= 0.6 is 0 Å². The summed E-state index contributed by atoms with van der Waals surface area (Å²) in [6.45, 7) is 12.9. The van der Waals surface area contributed by atoms with E-state index in [4.69, 9.17) is 9.47 Å². The van der Waals surface area contributed by atoms with E-state index in [0.29, 0.717) is 29.8 Å². The lowest BCUT2D eigenvalue weighted by Gasteiger charge is -2.18. The predicted molar refractivity (Wildman–Crippen MR) is 126 cm³/mol. The molecule has 2 rings (SSSR count). The molecule has 9 heteroatoms. The van der Waals surface area contributed by atoms with Gasteiger partial charge in [0.05, 0.1) is 11.5 Å². The topological polar surface area (TPSA) is 104 Å². The first-order valence-electron chi connectivity index (χ1n) is 10.8. The van der Waals surface area contributed by atoms with Gasteiger partial charge in [-0.3, -0.25) is 9.59 Å². The van der Waals surface area contributed by atoms with Crippen molar-refractivity contribution in [1.82, 2.24) is 9.29 Å². The van der Waals surface area contributed by atoms with Gasteiger partial charge in [0.25, 0.3) is 0 Å². The van der Waals surface area contributed by atoms with Crippen LogP contribution in [0.25, 0.3) is 0 Å². The number of esters is 1. The minimum Gasteiger partial charge on any atom is -0.456 e. The van der Waals surface area contributed by atoms with Gasteiger partial charge in [0, 0.05) is 30.6 Å². The third-order valence-electron chi connectivity index (χ3n) is 5.99. The van der Waals surface area contributed by atoms with Crippen LogP contribution in [0.15, 0.2) is 17.0 Å². The molecule has 0 bridgehead atoms. The monoisotopic (exact) mass is 478 g/mol. The fourth-order valence-corrected chi connectivity index (χ4v) is 5.68. The standard InChI is InChI=1S/C24H34N2O6S/c1-14-11-15(2)18(5)23(17(14)4)33(29,30)25-19(6)24(28)32-13-22(27)21-12-16(3)26(20(21)7)9-10-31-8/h11-12,19,25H,9-10,13H2,1-8H3/t19-/m1/s1. The molecule has 0 saturated carbocycles. The number of benzene rings is 1. The minimum absolute atomic E-state index is 0.166. The smallest absolute Gasteiger partial charge is 0.324 e. The van der Waals surface area contributed by atoms with Gasteiger partial charge in [-0.05, 0) is 76.8 Å². The first-order chi connectivity index (χ1) is 15.3. The molecule has 2 aromatic rings. The number of nitrogens with zero attached hydrogens (tertiary/aromatic N) is 1. The normalized spacial score (nSPS) is 12.6. The first-order valence-corrected chi connectivity index (χ1v) is 12.2. The van der Waals surface area contributed by atoms with Crippen molar-refractivity contribution in [1.29, 1.82) is 0 Å². The molecule has 1 aromatic heterocycles. The molecule has 8 nitrogen and oxygen atoms in total. The number of aromatic nitrogens is 1. The van der Waals surface area contributed by atoms with Crippen molar-refractivity contribution in [3.8, 4) is 0 Å². The number of hydrogen-bond acceptors (Lipinski definition) is 6. The van der Waals surface area contributed by atoms with Gasteiger partial charge in [-0.1, -0.05) is 6.07 Å². The Hall–Kier alpha value is -2.49. The fourth-order valence-electron chi connectivity index (χ4n) is 3.87. The number of aryl methyl sites for hydroxylation is 3. The number of ketones is 1. The van der Waals surface area contributed by atoms with Crippen molar-refractivity contribution in [2.75, 3.05) is 20.3 Å². The molecule has 0 aliphatic rings. The highest BCUT2D eigenvalue weighted by molar-refractivity contribution is 7.89. The van der Waals surface area contributed by atoms with Gasteiger partial charge in [0.2, 0.25) is 15.8 Å². The molecule has 0 amide bonds. The molecule has 1 aromatic carbocycles. The predicted octanol–water partition coefficient (Wildman–Crippen LogP) is 3.08. The molecule has 0 aliphatic carbocycles. The van der Waals surface area contributed by atoms with E-state index in [9.17, 15) is 18.0 Å². The lowest BCUT2D eigenvalue weighted by atomic mass is 10.0. The summed E-state index contributed by atoms with van der Waals surface area (Å²) in [7, 11) is -2.36. The lowest BCUT2D eigenvalue weighted by Crippen LogP contribution is -2.40. The maximum atomic E-state index is 13.0. The highest BCUT2D eigenvalue weighted by Crippen LogP contribution is 2.26. The minimum atomic E-state index is -3.97. The Balaban J connectivity index is 2.10. The van der Waals surface area contributed by atoms with E-state index >= 15 is 0 Å². The van der Waals surface area contributed by atoms with Gasteiger partial charge in [0.15, 0.2) is 6.61 Å². The van der Waals surface area contributed by atoms with Gasteiger partial charge in [-0.25, -0.2) is 8.42 Å². The number of sulfonamides is 1. The summed E-state index contributed by atoms with van der Waals surface area (Å²) < 4.78 is 40.6. The van der Waals surface area contributed by atoms with E-state index in [1.165, 1.54) is 6.92 Å². The second-order valence-corrected chi connectivity index (χ2v) is 10.0. The number of methoxy groups -OCH3 is 1. The van der Waals surface area contributed by atoms with Crippen molar-refractivity contribution >= 4 is 21.8 Å². The lowest BCUT2D eigenvalue weighted by molar-refractivity contribution is -0.144. The Bertz CT molecular complexity index is 1140. The Morgan fingerprint density at radius 1 is 1.03 bits per heavy atom. The van der Waals surface area contributed by atoms with E-state index in [1.807, 2.05) is 38.3 Å². The summed E-state index contributed by atoms with van der Waals surface area (Å²) in [4.78, 5) is 25.3. The maximum Gasteiger partial charge on any atom is 0.324 e. The molecule has 0 aliphatic heterocycles. The molecule has 0 radical (unpaired) electrons. The van der Waals surface area contributed by atoms with Crippen LogP contribution in [0, 0.1) is 41.5 Å². The van der Waals surface area contributed by atoms with Crippen LogP contribution < -0.4 is 4.72 Å². The van der Waals surface area contributed by atoms with Gasteiger partial charge < -0.3 is 14.0 Å². The molecule has 0 unspecified atom stereocenters. The molecule has 1 atom stereocenters. The first kappa shape index (κ1) is 26.8. The van der Waals surface area contributed by atoms with Crippen LogP contribution in [-0.2, 0) is 30.8 Å². The molecule has 0 spiro atoms.